The Hall–Kier alpha value is -1.00. The second-order valence-electron chi connectivity index (χ2n) is 5.28. The molecule has 3 N–H and O–H groups in total. The minimum atomic E-state index is -0.581. The molecule has 1 aromatic carbocycles. The molecule has 0 aromatic heterocycles. The number of rotatable bonds is 3. The van der Waals surface area contributed by atoms with Gasteiger partial charge in [0.25, 0.3) is 0 Å². The van der Waals surface area contributed by atoms with Crippen molar-refractivity contribution in [1.82, 2.24) is 0 Å². The monoisotopic (exact) mass is 255 g/mol. The van der Waals surface area contributed by atoms with Gasteiger partial charge >= 0.3 is 0 Å². The molecule has 2 rings (SSSR count). The van der Waals surface area contributed by atoms with Crippen LogP contribution in [0.1, 0.15) is 31.2 Å². The molecule has 0 aliphatic heterocycles. The average Bonchev–Trinajstić information content (AvgIpc) is 2.31. The van der Waals surface area contributed by atoms with Crippen LogP contribution in [-0.2, 0) is 6.42 Å². The van der Waals surface area contributed by atoms with Crippen molar-refractivity contribution in [2.45, 2.75) is 38.2 Å². The van der Waals surface area contributed by atoms with Crippen LogP contribution in [0.25, 0.3) is 0 Å². The maximum Gasteiger partial charge on any atom is 0.126 e. The minimum Gasteiger partial charge on any atom is -0.392 e. The molecular formula is C14H19F2NO. The molecule has 0 heterocycles. The third kappa shape index (κ3) is 2.70. The van der Waals surface area contributed by atoms with E-state index in [0.717, 1.165) is 31.7 Å². The van der Waals surface area contributed by atoms with Gasteiger partial charge in [0.2, 0.25) is 0 Å². The summed E-state index contributed by atoms with van der Waals surface area (Å²) in [5.41, 5.74) is 5.94. The van der Waals surface area contributed by atoms with Crippen molar-refractivity contribution in [1.29, 1.82) is 0 Å². The summed E-state index contributed by atoms with van der Waals surface area (Å²) in [5, 5.41) is 10.2. The van der Waals surface area contributed by atoms with Gasteiger partial charge in [0.15, 0.2) is 0 Å². The van der Waals surface area contributed by atoms with E-state index in [0.29, 0.717) is 18.5 Å². The quantitative estimate of drug-likeness (QED) is 0.871. The first kappa shape index (κ1) is 13.4. The molecule has 1 aliphatic rings. The molecule has 1 aromatic rings. The van der Waals surface area contributed by atoms with Crippen LogP contribution >= 0.6 is 0 Å². The second-order valence-corrected chi connectivity index (χ2v) is 5.28. The van der Waals surface area contributed by atoms with E-state index in [1.807, 2.05) is 0 Å². The van der Waals surface area contributed by atoms with Crippen LogP contribution in [0.15, 0.2) is 18.2 Å². The number of aliphatic hydroxyl groups is 1. The first-order valence-electron chi connectivity index (χ1n) is 6.39. The van der Waals surface area contributed by atoms with Gasteiger partial charge in [-0.3, -0.25) is 0 Å². The molecule has 0 bridgehead atoms. The summed E-state index contributed by atoms with van der Waals surface area (Å²) in [5.74, 6) is -1.16. The lowest BCUT2D eigenvalue weighted by Gasteiger charge is -2.41. The van der Waals surface area contributed by atoms with E-state index < -0.39 is 23.2 Å². The fourth-order valence-corrected chi connectivity index (χ4v) is 2.92. The van der Waals surface area contributed by atoms with Gasteiger partial charge in [-0.15, -0.1) is 0 Å². The Balaban J connectivity index is 2.23. The van der Waals surface area contributed by atoms with Gasteiger partial charge in [-0.2, -0.15) is 0 Å². The number of hydrogen-bond acceptors (Lipinski definition) is 2. The Morgan fingerprint density at radius 2 is 1.89 bits per heavy atom. The fourth-order valence-electron chi connectivity index (χ4n) is 2.92. The van der Waals surface area contributed by atoms with E-state index in [1.54, 1.807) is 0 Å². The summed E-state index contributed by atoms with van der Waals surface area (Å²) >= 11 is 0. The predicted molar refractivity (Wildman–Crippen MR) is 66.0 cm³/mol. The largest absolute Gasteiger partial charge is 0.392 e. The van der Waals surface area contributed by atoms with Gasteiger partial charge < -0.3 is 10.8 Å². The maximum atomic E-state index is 13.2. The van der Waals surface area contributed by atoms with E-state index in [-0.39, 0.29) is 0 Å². The fraction of sp³-hybridized carbons (Fsp3) is 0.571. The minimum absolute atomic E-state index is 0.340. The number of nitrogens with two attached hydrogens (primary N) is 1. The Morgan fingerprint density at radius 1 is 1.22 bits per heavy atom. The Bertz CT molecular complexity index is 404. The van der Waals surface area contributed by atoms with Crippen LogP contribution in [-0.4, -0.2) is 17.8 Å². The highest BCUT2D eigenvalue weighted by Gasteiger charge is 2.38. The summed E-state index contributed by atoms with van der Waals surface area (Å²) in [6, 6.07) is 3.50. The normalized spacial score (nSPS) is 28.3. The van der Waals surface area contributed by atoms with Crippen LogP contribution in [0.4, 0.5) is 8.78 Å². The molecule has 1 fully saturated rings. The lowest BCUT2D eigenvalue weighted by atomic mass is 9.68. The number of benzene rings is 1. The van der Waals surface area contributed by atoms with Gasteiger partial charge in [-0.1, -0.05) is 12.8 Å². The summed E-state index contributed by atoms with van der Waals surface area (Å²) < 4.78 is 26.3. The van der Waals surface area contributed by atoms with Crippen molar-refractivity contribution < 1.29 is 13.9 Å². The molecule has 0 saturated heterocycles. The van der Waals surface area contributed by atoms with Crippen LogP contribution < -0.4 is 5.73 Å². The van der Waals surface area contributed by atoms with Crippen LogP contribution in [0, 0.1) is 17.0 Å². The summed E-state index contributed by atoms with van der Waals surface area (Å²) in [7, 11) is 0. The van der Waals surface area contributed by atoms with Crippen molar-refractivity contribution in [3.8, 4) is 0 Å². The molecule has 0 spiro atoms. The highest BCUT2D eigenvalue weighted by atomic mass is 19.1. The van der Waals surface area contributed by atoms with Gasteiger partial charge in [-0.05, 0) is 37.0 Å². The van der Waals surface area contributed by atoms with Crippen LogP contribution in [0.5, 0.6) is 0 Å². The van der Waals surface area contributed by atoms with Crippen molar-refractivity contribution in [3.05, 3.63) is 35.4 Å². The Labute approximate surface area is 106 Å². The zero-order valence-corrected chi connectivity index (χ0v) is 10.3. The van der Waals surface area contributed by atoms with Gasteiger partial charge in [0.05, 0.1) is 6.10 Å². The molecule has 1 saturated carbocycles. The molecule has 2 atom stereocenters. The third-order valence-corrected chi connectivity index (χ3v) is 3.99. The number of halogens is 2. The molecule has 4 heteroatoms. The zero-order valence-electron chi connectivity index (χ0n) is 10.3. The van der Waals surface area contributed by atoms with Crippen molar-refractivity contribution in [3.63, 3.8) is 0 Å². The molecule has 2 unspecified atom stereocenters. The van der Waals surface area contributed by atoms with E-state index in [4.69, 9.17) is 5.73 Å². The third-order valence-electron chi connectivity index (χ3n) is 3.99. The van der Waals surface area contributed by atoms with Crippen molar-refractivity contribution in [2.24, 2.45) is 11.1 Å². The summed E-state index contributed by atoms with van der Waals surface area (Å²) in [4.78, 5) is 0. The number of hydrogen-bond donors (Lipinski definition) is 2. The predicted octanol–water partition coefficient (Wildman–Crippen LogP) is 2.39. The first-order valence-corrected chi connectivity index (χ1v) is 6.39. The van der Waals surface area contributed by atoms with E-state index in [1.165, 1.54) is 12.1 Å². The molecule has 2 nitrogen and oxygen atoms in total. The number of aliphatic hydroxyl groups excluding tert-OH is 1. The Morgan fingerprint density at radius 3 is 2.44 bits per heavy atom. The average molecular weight is 255 g/mol. The molecule has 0 amide bonds. The second kappa shape index (κ2) is 5.33. The molecular weight excluding hydrogens is 236 g/mol. The van der Waals surface area contributed by atoms with Crippen molar-refractivity contribution >= 4 is 0 Å². The smallest absolute Gasteiger partial charge is 0.126 e. The van der Waals surface area contributed by atoms with Crippen LogP contribution in [0.3, 0.4) is 0 Å². The maximum absolute atomic E-state index is 13.2. The van der Waals surface area contributed by atoms with Gasteiger partial charge in [0.1, 0.15) is 11.6 Å². The summed E-state index contributed by atoms with van der Waals surface area (Å²) in [6.45, 7) is 0.340. The van der Waals surface area contributed by atoms with E-state index >= 15 is 0 Å². The van der Waals surface area contributed by atoms with E-state index in [9.17, 15) is 13.9 Å². The van der Waals surface area contributed by atoms with Crippen molar-refractivity contribution in [2.75, 3.05) is 6.54 Å². The topological polar surface area (TPSA) is 46.2 Å². The van der Waals surface area contributed by atoms with Gasteiger partial charge in [-0.25, -0.2) is 8.78 Å². The SMILES string of the molecule is NCC1(Cc2cc(F)cc(F)c2)CCCCC1O. The highest BCUT2D eigenvalue weighted by Crippen LogP contribution is 2.38. The standard InChI is InChI=1S/C14H19F2NO/c15-11-5-10(6-12(16)7-11)8-14(9-17)4-2-1-3-13(14)18/h5-7,13,18H,1-4,8-9,17H2. The molecule has 0 radical (unpaired) electrons. The van der Waals surface area contributed by atoms with E-state index in [2.05, 4.69) is 0 Å². The highest BCUT2D eigenvalue weighted by molar-refractivity contribution is 5.20. The molecule has 100 valence electrons. The Kier molecular flexibility index (Phi) is 3.97. The molecule has 18 heavy (non-hydrogen) atoms. The first-order chi connectivity index (χ1) is 8.55. The van der Waals surface area contributed by atoms with Crippen LogP contribution in [0.2, 0.25) is 0 Å². The zero-order chi connectivity index (χ0) is 13.2. The lowest BCUT2D eigenvalue weighted by molar-refractivity contribution is -0.00592. The molecule has 1 aliphatic carbocycles. The van der Waals surface area contributed by atoms with Gasteiger partial charge in [0, 0.05) is 18.0 Å². The summed E-state index contributed by atoms with van der Waals surface area (Å²) in [6.07, 6.45) is 3.46. The lowest BCUT2D eigenvalue weighted by Crippen LogP contribution is -2.45.